The molecule has 16 heavy (non-hydrogen) atoms. The Bertz CT molecular complexity index is 335. The minimum Gasteiger partial charge on any atom is -0.388 e. The fourth-order valence-corrected chi connectivity index (χ4v) is 3.93. The average molecular weight is 249 g/mol. The van der Waals surface area contributed by atoms with E-state index in [0.29, 0.717) is 39.0 Å². The summed E-state index contributed by atoms with van der Waals surface area (Å²) in [6, 6.07) is 0.0110. The van der Waals surface area contributed by atoms with Crippen molar-refractivity contribution in [2.24, 2.45) is 0 Å². The maximum absolute atomic E-state index is 11.2. The van der Waals surface area contributed by atoms with E-state index >= 15 is 0 Å². The molecular weight excluding hydrogens is 230 g/mol. The van der Waals surface area contributed by atoms with Crippen LogP contribution in [-0.2, 0) is 14.6 Å². The van der Waals surface area contributed by atoms with Crippen LogP contribution in [0, 0.1) is 0 Å². The van der Waals surface area contributed by atoms with Gasteiger partial charge in [-0.2, -0.15) is 0 Å². The number of ether oxygens (including phenoxy) is 1. The van der Waals surface area contributed by atoms with Crippen molar-refractivity contribution in [3.05, 3.63) is 0 Å². The summed E-state index contributed by atoms with van der Waals surface area (Å²) in [6.45, 7) is 1.64. The molecule has 2 aliphatic heterocycles. The van der Waals surface area contributed by atoms with Crippen LogP contribution in [-0.4, -0.2) is 56.4 Å². The highest BCUT2D eigenvalue weighted by Gasteiger charge is 2.33. The van der Waals surface area contributed by atoms with Crippen molar-refractivity contribution in [3.63, 3.8) is 0 Å². The third-order valence-corrected chi connectivity index (χ3v) is 5.14. The van der Waals surface area contributed by atoms with Crippen LogP contribution < -0.4 is 5.32 Å². The molecule has 1 unspecified atom stereocenters. The SMILES string of the molecule is O=S1(=O)CCC(NCC2(O)CCOCC2)C1. The van der Waals surface area contributed by atoms with Crippen LogP contribution in [0.1, 0.15) is 19.3 Å². The highest BCUT2D eigenvalue weighted by atomic mass is 32.2. The quantitative estimate of drug-likeness (QED) is 0.692. The van der Waals surface area contributed by atoms with Gasteiger partial charge in [-0.1, -0.05) is 0 Å². The van der Waals surface area contributed by atoms with E-state index in [1.165, 1.54) is 0 Å². The summed E-state index contributed by atoms with van der Waals surface area (Å²) in [7, 11) is -2.84. The van der Waals surface area contributed by atoms with Crippen LogP contribution in [0.3, 0.4) is 0 Å². The Morgan fingerprint density at radius 2 is 2.06 bits per heavy atom. The molecule has 0 saturated carbocycles. The third-order valence-electron chi connectivity index (χ3n) is 3.38. The largest absolute Gasteiger partial charge is 0.388 e. The minimum absolute atomic E-state index is 0.0110. The molecule has 0 aromatic rings. The second-order valence-corrected chi connectivity index (χ2v) is 7.05. The summed E-state index contributed by atoms with van der Waals surface area (Å²) < 4.78 is 27.7. The number of rotatable bonds is 3. The van der Waals surface area contributed by atoms with Gasteiger partial charge in [-0.05, 0) is 6.42 Å². The van der Waals surface area contributed by atoms with E-state index in [4.69, 9.17) is 4.74 Å². The Kier molecular flexibility index (Phi) is 3.53. The molecule has 2 heterocycles. The van der Waals surface area contributed by atoms with Crippen molar-refractivity contribution in [2.75, 3.05) is 31.3 Å². The van der Waals surface area contributed by atoms with Gasteiger partial charge in [-0.15, -0.1) is 0 Å². The molecule has 2 saturated heterocycles. The maximum atomic E-state index is 11.2. The van der Waals surface area contributed by atoms with Gasteiger partial charge in [0.2, 0.25) is 0 Å². The monoisotopic (exact) mass is 249 g/mol. The van der Waals surface area contributed by atoms with E-state index in [1.807, 2.05) is 0 Å². The number of sulfone groups is 1. The summed E-state index contributed by atoms with van der Waals surface area (Å²) in [6.07, 6.45) is 1.91. The molecule has 2 aliphatic rings. The first-order chi connectivity index (χ1) is 7.49. The maximum Gasteiger partial charge on any atom is 0.151 e. The van der Waals surface area contributed by atoms with Gasteiger partial charge in [0.15, 0.2) is 9.84 Å². The lowest BCUT2D eigenvalue weighted by atomic mass is 9.94. The number of hydrogen-bond acceptors (Lipinski definition) is 5. The van der Waals surface area contributed by atoms with E-state index in [-0.39, 0.29) is 17.5 Å². The summed E-state index contributed by atoms with van der Waals surface area (Å²) in [5.74, 6) is 0.478. The first kappa shape index (κ1) is 12.3. The summed E-state index contributed by atoms with van der Waals surface area (Å²) in [5, 5.41) is 13.3. The number of nitrogens with one attached hydrogen (secondary N) is 1. The zero-order chi connectivity index (χ0) is 11.6. The van der Waals surface area contributed by atoms with Gasteiger partial charge in [0.25, 0.3) is 0 Å². The topological polar surface area (TPSA) is 75.6 Å². The predicted molar refractivity (Wildman–Crippen MR) is 60.1 cm³/mol. The van der Waals surface area contributed by atoms with Crippen molar-refractivity contribution in [1.29, 1.82) is 0 Å². The third kappa shape index (κ3) is 3.16. The van der Waals surface area contributed by atoms with Gasteiger partial charge in [-0.25, -0.2) is 8.42 Å². The molecule has 0 spiro atoms. The molecule has 0 aliphatic carbocycles. The Labute approximate surface area is 96.1 Å². The molecule has 0 amide bonds. The molecule has 0 aromatic carbocycles. The summed E-state index contributed by atoms with van der Waals surface area (Å²) in [5.41, 5.74) is -0.718. The van der Waals surface area contributed by atoms with Gasteiger partial charge in [0.1, 0.15) is 0 Å². The zero-order valence-corrected chi connectivity index (χ0v) is 10.1. The lowest BCUT2D eigenvalue weighted by molar-refractivity contribution is -0.0624. The van der Waals surface area contributed by atoms with Crippen LogP contribution in [0.2, 0.25) is 0 Å². The Morgan fingerprint density at radius 1 is 1.38 bits per heavy atom. The molecule has 2 N–H and O–H groups in total. The van der Waals surface area contributed by atoms with Crippen LogP contribution in [0.15, 0.2) is 0 Å². The molecule has 6 heteroatoms. The molecule has 1 atom stereocenters. The first-order valence-corrected chi connectivity index (χ1v) is 7.55. The molecule has 0 aromatic heterocycles. The fourth-order valence-electron chi connectivity index (χ4n) is 2.22. The molecule has 0 radical (unpaired) electrons. The molecule has 2 fully saturated rings. The van der Waals surface area contributed by atoms with E-state index in [9.17, 15) is 13.5 Å². The average Bonchev–Trinajstić information content (AvgIpc) is 2.57. The normalized spacial score (nSPS) is 32.7. The minimum atomic E-state index is -2.84. The summed E-state index contributed by atoms with van der Waals surface area (Å²) in [4.78, 5) is 0. The van der Waals surface area contributed by atoms with E-state index in [1.54, 1.807) is 0 Å². The number of aliphatic hydroxyl groups is 1. The highest BCUT2D eigenvalue weighted by molar-refractivity contribution is 7.91. The van der Waals surface area contributed by atoms with Crippen molar-refractivity contribution < 1.29 is 18.3 Å². The smallest absolute Gasteiger partial charge is 0.151 e. The molecule has 0 bridgehead atoms. The molecule has 94 valence electrons. The van der Waals surface area contributed by atoms with Crippen molar-refractivity contribution >= 4 is 9.84 Å². The van der Waals surface area contributed by atoms with Crippen LogP contribution in [0.5, 0.6) is 0 Å². The highest BCUT2D eigenvalue weighted by Crippen LogP contribution is 2.20. The zero-order valence-electron chi connectivity index (χ0n) is 9.31. The van der Waals surface area contributed by atoms with Crippen LogP contribution in [0.4, 0.5) is 0 Å². The lowest BCUT2D eigenvalue weighted by Crippen LogP contribution is -2.48. The first-order valence-electron chi connectivity index (χ1n) is 5.73. The summed E-state index contributed by atoms with van der Waals surface area (Å²) >= 11 is 0. The van der Waals surface area contributed by atoms with E-state index in [0.717, 1.165) is 0 Å². The Hall–Kier alpha value is -0.170. The van der Waals surface area contributed by atoms with Gasteiger partial charge < -0.3 is 15.2 Å². The van der Waals surface area contributed by atoms with E-state index < -0.39 is 15.4 Å². The standard InChI is InChI=1S/C10H19NO4S/c12-10(2-4-15-5-3-10)8-11-9-1-6-16(13,14)7-9/h9,11-12H,1-8H2. The van der Waals surface area contributed by atoms with Gasteiger partial charge in [0, 0.05) is 38.6 Å². The predicted octanol–water partition coefficient (Wildman–Crippen LogP) is -0.695. The van der Waals surface area contributed by atoms with Crippen molar-refractivity contribution in [3.8, 4) is 0 Å². The number of hydrogen-bond donors (Lipinski definition) is 2. The van der Waals surface area contributed by atoms with E-state index in [2.05, 4.69) is 5.32 Å². The van der Waals surface area contributed by atoms with Crippen LogP contribution >= 0.6 is 0 Å². The molecule has 5 nitrogen and oxygen atoms in total. The Morgan fingerprint density at radius 3 is 2.62 bits per heavy atom. The lowest BCUT2D eigenvalue weighted by Gasteiger charge is -2.33. The van der Waals surface area contributed by atoms with Crippen LogP contribution in [0.25, 0.3) is 0 Å². The second kappa shape index (κ2) is 4.60. The fraction of sp³-hybridized carbons (Fsp3) is 1.00. The van der Waals surface area contributed by atoms with Gasteiger partial charge in [-0.3, -0.25) is 0 Å². The van der Waals surface area contributed by atoms with Crippen molar-refractivity contribution in [1.82, 2.24) is 5.32 Å². The van der Waals surface area contributed by atoms with Crippen molar-refractivity contribution in [2.45, 2.75) is 30.9 Å². The molecule has 2 rings (SSSR count). The second-order valence-electron chi connectivity index (χ2n) is 4.82. The van der Waals surface area contributed by atoms with Gasteiger partial charge in [0.05, 0.1) is 17.1 Å². The Balaban J connectivity index is 1.79. The van der Waals surface area contributed by atoms with Gasteiger partial charge >= 0.3 is 0 Å². The molecular formula is C10H19NO4S.